The largest absolute Gasteiger partial charge is 0.371 e. The van der Waals surface area contributed by atoms with Crippen LogP contribution in [0.3, 0.4) is 0 Å². The first kappa shape index (κ1) is 21.9. The Morgan fingerprint density at radius 1 is 0.906 bits per heavy atom. The van der Waals surface area contributed by atoms with E-state index in [1.807, 2.05) is 18.2 Å². The Kier molecular flexibility index (Phi) is 6.46. The minimum absolute atomic E-state index is 0.111. The van der Waals surface area contributed by atoms with Gasteiger partial charge in [-0.15, -0.1) is 0 Å². The smallest absolute Gasteiger partial charge is 0.261 e. The predicted molar refractivity (Wildman–Crippen MR) is 127 cm³/mol. The lowest BCUT2D eigenvalue weighted by Crippen LogP contribution is -2.28. The number of nitrogens with one attached hydrogen (secondary N) is 1. The van der Waals surface area contributed by atoms with Crippen molar-refractivity contribution < 1.29 is 13.2 Å². The van der Waals surface area contributed by atoms with Crippen molar-refractivity contribution in [3.8, 4) is 0 Å². The molecule has 7 heteroatoms. The molecule has 166 valence electrons. The van der Waals surface area contributed by atoms with E-state index in [9.17, 15) is 13.2 Å². The van der Waals surface area contributed by atoms with Crippen LogP contribution in [0.25, 0.3) is 0 Å². The molecule has 0 aliphatic carbocycles. The molecule has 0 unspecified atom stereocenters. The molecule has 1 aliphatic rings. The van der Waals surface area contributed by atoms with E-state index in [4.69, 9.17) is 0 Å². The highest BCUT2D eigenvalue weighted by Gasteiger charge is 2.19. The molecule has 0 spiro atoms. The summed E-state index contributed by atoms with van der Waals surface area (Å²) in [5.41, 5.74) is 3.23. The van der Waals surface area contributed by atoms with E-state index in [0.29, 0.717) is 17.8 Å². The first-order chi connectivity index (χ1) is 15.4. The van der Waals surface area contributed by atoms with Gasteiger partial charge < -0.3 is 9.80 Å². The van der Waals surface area contributed by atoms with Crippen molar-refractivity contribution >= 4 is 27.3 Å². The molecule has 1 fully saturated rings. The molecule has 3 aromatic rings. The standard InChI is InChI=1S/C25H27N3O3S/c1-27(19-21-9-5-6-12-24(21)28-17-7-8-18-28)25(29)20-13-15-23(16-14-20)32(30,31)26-22-10-3-2-4-11-22/h2-6,9-16,26H,7-8,17-19H2,1H3. The molecule has 3 aromatic carbocycles. The Balaban J connectivity index is 1.46. The number of para-hydroxylation sites is 2. The third-order valence-electron chi connectivity index (χ3n) is 5.63. The number of sulfonamides is 1. The van der Waals surface area contributed by atoms with E-state index < -0.39 is 10.0 Å². The van der Waals surface area contributed by atoms with Crippen molar-refractivity contribution in [2.45, 2.75) is 24.3 Å². The lowest BCUT2D eigenvalue weighted by atomic mass is 10.1. The van der Waals surface area contributed by atoms with Gasteiger partial charge in [0.2, 0.25) is 0 Å². The van der Waals surface area contributed by atoms with Crippen LogP contribution in [0.4, 0.5) is 11.4 Å². The lowest BCUT2D eigenvalue weighted by molar-refractivity contribution is 0.0785. The molecule has 0 aromatic heterocycles. The first-order valence-corrected chi connectivity index (χ1v) is 12.2. The van der Waals surface area contributed by atoms with Gasteiger partial charge in [-0.1, -0.05) is 36.4 Å². The summed E-state index contributed by atoms with van der Waals surface area (Å²) in [4.78, 5) is 17.1. The molecule has 6 nitrogen and oxygen atoms in total. The number of anilines is 2. The van der Waals surface area contributed by atoms with Crippen LogP contribution in [0.15, 0.2) is 83.8 Å². The summed E-state index contributed by atoms with van der Waals surface area (Å²) in [6, 6.07) is 22.9. The fourth-order valence-corrected chi connectivity index (χ4v) is 5.01. The summed E-state index contributed by atoms with van der Waals surface area (Å²) in [6.45, 7) is 2.57. The van der Waals surface area contributed by atoms with Crippen LogP contribution < -0.4 is 9.62 Å². The number of nitrogens with zero attached hydrogens (tertiary/aromatic N) is 2. The number of hydrogen-bond donors (Lipinski definition) is 1. The number of rotatable bonds is 7. The van der Waals surface area contributed by atoms with Crippen LogP contribution in [0.5, 0.6) is 0 Å². The van der Waals surface area contributed by atoms with Crippen molar-refractivity contribution in [2.24, 2.45) is 0 Å². The van der Waals surface area contributed by atoms with Crippen molar-refractivity contribution in [1.82, 2.24) is 4.90 Å². The fourth-order valence-electron chi connectivity index (χ4n) is 3.96. The summed E-state index contributed by atoms with van der Waals surface area (Å²) in [5, 5.41) is 0. The molecule has 1 heterocycles. The summed E-state index contributed by atoms with van der Waals surface area (Å²) in [6.07, 6.45) is 2.38. The molecule has 0 saturated carbocycles. The quantitative estimate of drug-likeness (QED) is 0.582. The number of benzene rings is 3. The third-order valence-corrected chi connectivity index (χ3v) is 7.03. The SMILES string of the molecule is CN(Cc1ccccc1N1CCCC1)C(=O)c1ccc(S(=O)(=O)Nc2ccccc2)cc1. The van der Waals surface area contributed by atoms with Crippen LogP contribution in [-0.4, -0.2) is 39.4 Å². The maximum absolute atomic E-state index is 13.0. The molecule has 0 bridgehead atoms. The highest BCUT2D eigenvalue weighted by molar-refractivity contribution is 7.92. The summed E-state index contributed by atoms with van der Waals surface area (Å²) in [5.74, 6) is -0.152. The van der Waals surface area contributed by atoms with Gasteiger partial charge in [0.05, 0.1) is 4.90 Å². The van der Waals surface area contributed by atoms with Crippen LogP contribution in [0.2, 0.25) is 0 Å². The van der Waals surface area contributed by atoms with E-state index in [0.717, 1.165) is 18.7 Å². The zero-order valence-corrected chi connectivity index (χ0v) is 18.9. The van der Waals surface area contributed by atoms with Crippen LogP contribution >= 0.6 is 0 Å². The zero-order chi connectivity index (χ0) is 22.6. The number of carbonyl (C=O) groups is 1. The van der Waals surface area contributed by atoms with Gasteiger partial charge in [-0.3, -0.25) is 9.52 Å². The maximum atomic E-state index is 13.0. The van der Waals surface area contributed by atoms with Gasteiger partial charge in [0.1, 0.15) is 0 Å². The fraction of sp³-hybridized carbons (Fsp3) is 0.240. The second kappa shape index (κ2) is 9.44. The Morgan fingerprint density at radius 3 is 2.22 bits per heavy atom. The highest BCUT2D eigenvalue weighted by atomic mass is 32.2. The molecular formula is C25H27N3O3S. The Bertz CT molecular complexity index is 1170. The minimum Gasteiger partial charge on any atom is -0.371 e. The molecule has 0 radical (unpaired) electrons. The van der Waals surface area contributed by atoms with Crippen molar-refractivity contribution in [1.29, 1.82) is 0 Å². The van der Waals surface area contributed by atoms with E-state index in [1.165, 1.54) is 30.7 Å². The normalized spacial score (nSPS) is 13.7. The second-order valence-electron chi connectivity index (χ2n) is 7.98. The van der Waals surface area contributed by atoms with Gasteiger partial charge in [-0.25, -0.2) is 8.42 Å². The van der Waals surface area contributed by atoms with Crippen molar-refractivity contribution in [2.75, 3.05) is 29.8 Å². The van der Waals surface area contributed by atoms with Gasteiger partial charge in [0, 0.05) is 43.6 Å². The van der Waals surface area contributed by atoms with E-state index >= 15 is 0 Å². The summed E-state index contributed by atoms with van der Waals surface area (Å²) >= 11 is 0. The van der Waals surface area contributed by atoms with E-state index in [-0.39, 0.29) is 10.8 Å². The average molecular weight is 450 g/mol. The van der Waals surface area contributed by atoms with Crippen LogP contribution in [0.1, 0.15) is 28.8 Å². The molecule has 1 amide bonds. The highest BCUT2D eigenvalue weighted by Crippen LogP contribution is 2.26. The monoisotopic (exact) mass is 449 g/mol. The summed E-state index contributed by atoms with van der Waals surface area (Å²) in [7, 11) is -1.95. The number of hydrogen-bond acceptors (Lipinski definition) is 4. The third kappa shape index (κ3) is 4.94. The first-order valence-electron chi connectivity index (χ1n) is 10.7. The molecule has 32 heavy (non-hydrogen) atoms. The van der Waals surface area contributed by atoms with E-state index in [1.54, 1.807) is 48.3 Å². The molecule has 1 saturated heterocycles. The summed E-state index contributed by atoms with van der Waals surface area (Å²) < 4.78 is 27.8. The van der Waals surface area contributed by atoms with Gasteiger partial charge in [-0.2, -0.15) is 0 Å². The number of amides is 1. The minimum atomic E-state index is -3.72. The average Bonchev–Trinajstić information content (AvgIpc) is 3.34. The Hall–Kier alpha value is -3.32. The topological polar surface area (TPSA) is 69.7 Å². The van der Waals surface area contributed by atoms with Gasteiger partial charge in [-0.05, 0) is 60.9 Å². The van der Waals surface area contributed by atoms with Crippen LogP contribution in [-0.2, 0) is 16.6 Å². The van der Waals surface area contributed by atoms with Gasteiger partial charge in [0.15, 0.2) is 0 Å². The Morgan fingerprint density at radius 2 is 1.53 bits per heavy atom. The maximum Gasteiger partial charge on any atom is 0.261 e. The van der Waals surface area contributed by atoms with Gasteiger partial charge in [0.25, 0.3) is 15.9 Å². The molecular weight excluding hydrogens is 422 g/mol. The van der Waals surface area contributed by atoms with Crippen molar-refractivity contribution in [3.63, 3.8) is 0 Å². The Labute approximate surface area is 189 Å². The van der Waals surface area contributed by atoms with Crippen molar-refractivity contribution in [3.05, 3.63) is 90.0 Å². The lowest BCUT2D eigenvalue weighted by Gasteiger charge is -2.24. The van der Waals surface area contributed by atoms with Gasteiger partial charge >= 0.3 is 0 Å². The predicted octanol–water partition coefficient (Wildman–Crippen LogP) is 4.36. The molecule has 4 rings (SSSR count). The van der Waals surface area contributed by atoms with E-state index in [2.05, 4.69) is 21.8 Å². The van der Waals surface area contributed by atoms with Crippen LogP contribution in [0, 0.1) is 0 Å². The second-order valence-corrected chi connectivity index (χ2v) is 9.66. The molecule has 1 N–H and O–H groups in total. The zero-order valence-electron chi connectivity index (χ0n) is 18.1. The number of carbonyl (C=O) groups excluding carboxylic acids is 1. The molecule has 0 atom stereocenters. The molecule has 1 aliphatic heterocycles.